The Morgan fingerprint density at radius 1 is 1.35 bits per heavy atom. The lowest BCUT2D eigenvalue weighted by Crippen LogP contribution is -2.22. The van der Waals surface area contributed by atoms with Gasteiger partial charge in [0.2, 0.25) is 0 Å². The van der Waals surface area contributed by atoms with Gasteiger partial charge in [-0.3, -0.25) is 0 Å². The van der Waals surface area contributed by atoms with Crippen molar-refractivity contribution in [3.05, 3.63) is 52.1 Å². The van der Waals surface area contributed by atoms with Gasteiger partial charge in [0.15, 0.2) is 11.6 Å². The number of hydrogen-bond donors (Lipinski definition) is 1. The normalized spacial score (nSPS) is 11.1. The van der Waals surface area contributed by atoms with Crippen LogP contribution in [-0.2, 0) is 13.2 Å². The molecule has 2 rings (SSSR count). The van der Waals surface area contributed by atoms with Gasteiger partial charge in [0.25, 0.3) is 0 Å². The molecule has 0 saturated heterocycles. The van der Waals surface area contributed by atoms with Crippen molar-refractivity contribution >= 4 is 15.9 Å². The molecule has 0 spiro atoms. The van der Waals surface area contributed by atoms with Gasteiger partial charge in [0.1, 0.15) is 12.4 Å². The van der Waals surface area contributed by atoms with Gasteiger partial charge in [-0.1, -0.05) is 29.8 Å². The Balaban J connectivity index is 1.98. The second-order valence-corrected chi connectivity index (χ2v) is 5.68. The van der Waals surface area contributed by atoms with Gasteiger partial charge in [-0.05, 0) is 24.3 Å². The fraction of sp³-hybridized carbons (Fsp3) is 0.333. The quantitative estimate of drug-likeness (QED) is 0.852. The van der Waals surface area contributed by atoms with Crippen LogP contribution in [-0.4, -0.2) is 6.04 Å². The summed E-state index contributed by atoms with van der Waals surface area (Å²) in [4.78, 5) is 0. The first-order chi connectivity index (χ1) is 9.56. The zero-order valence-electron chi connectivity index (χ0n) is 11.5. The van der Waals surface area contributed by atoms with Crippen LogP contribution in [0.25, 0.3) is 0 Å². The van der Waals surface area contributed by atoms with Gasteiger partial charge in [0, 0.05) is 22.6 Å². The molecule has 108 valence electrons. The molecule has 0 atom stereocenters. The fourth-order valence-corrected chi connectivity index (χ4v) is 2.03. The maximum Gasteiger partial charge on any atom is 0.166 e. The minimum Gasteiger partial charge on any atom is -0.483 e. The van der Waals surface area contributed by atoms with Crippen LogP contribution in [0.5, 0.6) is 5.75 Å². The van der Waals surface area contributed by atoms with E-state index in [2.05, 4.69) is 35.1 Å². The van der Waals surface area contributed by atoms with Crippen LogP contribution in [0.4, 0.5) is 4.39 Å². The molecule has 20 heavy (non-hydrogen) atoms. The predicted octanol–water partition coefficient (Wildman–Crippen LogP) is 4.26. The monoisotopic (exact) mass is 341 g/mol. The van der Waals surface area contributed by atoms with Crippen LogP contribution in [0, 0.1) is 5.82 Å². The van der Waals surface area contributed by atoms with Gasteiger partial charge < -0.3 is 14.5 Å². The highest BCUT2D eigenvalue weighted by Gasteiger charge is 2.10. The Labute approximate surface area is 126 Å². The zero-order valence-corrected chi connectivity index (χ0v) is 13.0. The summed E-state index contributed by atoms with van der Waals surface area (Å²) in [5.41, 5.74) is 1.02. The lowest BCUT2D eigenvalue weighted by molar-refractivity contribution is 0.256. The van der Waals surface area contributed by atoms with Crippen LogP contribution in [0.1, 0.15) is 25.2 Å². The van der Waals surface area contributed by atoms with E-state index < -0.39 is 5.82 Å². The molecule has 0 saturated carbocycles. The fourth-order valence-electron chi connectivity index (χ4n) is 1.70. The predicted molar refractivity (Wildman–Crippen MR) is 79.1 cm³/mol. The summed E-state index contributed by atoms with van der Waals surface area (Å²) < 4.78 is 25.2. The van der Waals surface area contributed by atoms with Gasteiger partial charge in [-0.25, -0.2) is 4.39 Å². The number of nitrogens with one attached hydrogen (secondary N) is 1. The molecule has 0 unspecified atom stereocenters. The second-order valence-electron chi connectivity index (χ2n) is 4.77. The Morgan fingerprint density at radius 3 is 2.85 bits per heavy atom. The topological polar surface area (TPSA) is 34.4 Å². The third-order valence-electron chi connectivity index (χ3n) is 2.79. The van der Waals surface area contributed by atoms with Crippen LogP contribution >= 0.6 is 15.9 Å². The molecule has 1 heterocycles. The summed E-state index contributed by atoms with van der Waals surface area (Å²) in [6.45, 7) is 5.07. The molecule has 0 aliphatic carbocycles. The summed E-state index contributed by atoms with van der Waals surface area (Å²) in [7, 11) is 0. The standard InChI is InChI=1S/C15H17BrFNO2/c1-10(2)18-8-11-5-6-19-15(11)9-20-14-4-3-12(16)7-13(14)17/h3-7,10,18H,8-9H2,1-2H3. The molecule has 0 aliphatic heterocycles. The van der Waals surface area contributed by atoms with E-state index in [1.807, 2.05) is 6.07 Å². The highest BCUT2D eigenvalue weighted by Crippen LogP contribution is 2.23. The number of halogens is 2. The molecule has 0 radical (unpaired) electrons. The molecular formula is C15H17BrFNO2. The molecule has 3 nitrogen and oxygen atoms in total. The summed E-state index contributed by atoms with van der Waals surface area (Å²) in [6.07, 6.45) is 1.62. The highest BCUT2D eigenvalue weighted by molar-refractivity contribution is 9.10. The van der Waals surface area contributed by atoms with E-state index in [4.69, 9.17) is 9.15 Å². The van der Waals surface area contributed by atoms with E-state index in [1.165, 1.54) is 6.07 Å². The van der Waals surface area contributed by atoms with Crippen molar-refractivity contribution in [1.29, 1.82) is 0 Å². The summed E-state index contributed by atoms with van der Waals surface area (Å²) in [5, 5.41) is 3.31. The Hall–Kier alpha value is -1.33. The van der Waals surface area contributed by atoms with E-state index in [-0.39, 0.29) is 12.4 Å². The maximum absolute atomic E-state index is 13.6. The largest absolute Gasteiger partial charge is 0.483 e. The van der Waals surface area contributed by atoms with Crippen molar-refractivity contribution in [3.8, 4) is 5.75 Å². The molecule has 0 fully saturated rings. The molecule has 0 aliphatic rings. The molecule has 1 aromatic heterocycles. The average Bonchev–Trinajstić information content (AvgIpc) is 2.83. The molecule has 5 heteroatoms. The third kappa shape index (κ3) is 4.08. The second kappa shape index (κ2) is 6.90. The van der Waals surface area contributed by atoms with Crippen molar-refractivity contribution in [2.24, 2.45) is 0 Å². The Morgan fingerprint density at radius 2 is 2.15 bits per heavy atom. The number of ether oxygens (including phenoxy) is 1. The number of rotatable bonds is 6. The summed E-state index contributed by atoms with van der Waals surface area (Å²) in [6, 6.07) is 6.99. The first-order valence-corrected chi connectivity index (χ1v) is 7.22. The molecular weight excluding hydrogens is 325 g/mol. The van der Waals surface area contributed by atoms with E-state index >= 15 is 0 Å². The minimum absolute atomic E-state index is 0.209. The molecule has 0 bridgehead atoms. The van der Waals surface area contributed by atoms with Gasteiger partial charge in [-0.15, -0.1) is 0 Å². The zero-order chi connectivity index (χ0) is 14.5. The van der Waals surface area contributed by atoms with Gasteiger partial charge in [0.05, 0.1) is 6.26 Å². The third-order valence-corrected chi connectivity index (χ3v) is 3.28. The van der Waals surface area contributed by atoms with Crippen molar-refractivity contribution in [1.82, 2.24) is 5.32 Å². The van der Waals surface area contributed by atoms with Crippen molar-refractivity contribution in [2.75, 3.05) is 0 Å². The Bertz CT molecular complexity index is 569. The molecule has 2 aromatic rings. The van der Waals surface area contributed by atoms with E-state index in [0.717, 1.165) is 5.56 Å². The number of furan rings is 1. The lowest BCUT2D eigenvalue weighted by Gasteiger charge is -2.09. The van der Waals surface area contributed by atoms with Gasteiger partial charge in [-0.2, -0.15) is 0 Å². The van der Waals surface area contributed by atoms with Crippen LogP contribution in [0.15, 0.2) is 39.4 Å². The van der Waals surface area contributed by atoms with Crippen molar-refractivity contribution in [2.45, 2.75) is 33.0 Å². The van der Waals surface area contributed by atoms with Gasteiger partial charge >= 0.3 is 0 Å². The first kappa shape index (κ1) is 15.1. The highest BCUT2D eigenvalue weighted by atomic mass is 79.9. The van der Waals surface area contributed by atoms with E-state index in [1.54, 1.807) is 18.4 Å². The minimum atomic E-state index is -0.396. The lowest BCUT2D eigenvalue weighted by atomic mass is 10.2. The van der Waals surface area contributed by atoms with Crippen LogP contribution < -0.4 is 10.1 Å². The van der Waals surface area contributed by atoms with Crippen molar-refractivity contribution in [3.63, 3.8) is 0 Å². The summed E-state index contributed by atoms with van der Waals surface area (Å²) in [5.74, 6) is 0.528. The van der Waals surface area contributed by atoms with E-state index in [0.29, 0.717) is 22.8 Å². The smallest absolute Gasteiger partial charge is 0.166 e. The maximum atomic E-state index is 13.6. The SMILES string of the molecule is CC(C)NCc1ccoc1COc1ccc(Br)cc1F. The molecule has 0 amide bonds. The van der Waals surface area contributed by atoms with Crippen LogP contribution in [0.3, 0.4) is 0 Å². The summed E-state index contributed by atoms with van der Waals surface area (Å²) >= 11 is 3.21. The average molecular weight is 342 g/mol. The molecule has 1 N–H and O–H groups in total. The Kier molecular flexibility index (Phi) is 5.20. The van der Waals surface area contributed by atoms with Crippen LogP contribution in [0.2, 0.25) is 0 Å². The number of benzene rings is 1. The van der Waals surface area contributed by atoms with Crippen molar-refractivity contribution < 1.29 is 13.5 Å². The number of hydrogen-bond acceptors (Lipinski definition) is 3. The first-order valence-electron chi connectivity index (χ1n) is 6.42. The van der Waals surface area contributed by atoms with E-state index in [9.17, 15) is 4.39 Å². The molecule has 1 aromatic carbocycles.